The summed E-state index contributed by atoms with van der Waals surface area (Å²) in [6.45, 7) is 11.3. The lowest BCUT2D eigenvalue weighted by Crippen LogP contribution is -2.10. The van der Waals surface area contributed by atoms with Crippen LogP contribution in [0.5, 0.6) is 0 Å². The van der Waals surface area contributed by atoms with Crippen molar-refractivity contribution in [2.45, 2.75) is 60.3 Å². The number of carbonyl (C=O) groups is 1. The van der Waals surface area contributed by atoms with Gasteiger partial charge in [-0.3, -0.25) is 4.79 Å². The van der Waals surface area contributed by atoms with Gasteiger partial charge in [0, 0.05) is 6.42 Å². The third kappa shape index (κ3) is 11.4. The minimum Gasteiger partial charge on any atom is -0.465 e. The highest BCUT2D eigenvalue weighted by atomic mass is 16.5. The smallest absolute Gasteiger partial charge is 0.305 e. The molecule has 0 bridgehead atoms. The van der Waals surface area contributed by atoms with Crippen LogP contribution in [0.4, 0.5) is 0 Å². The zero-order valence-electron chi connectivity index (χ0n) is 10.9. The lowest BCUT2D eigenvalue weighted by molar-refractivity contribution is -0.144. The first kappa shape index (κ1) is 14.5. The fraction of sp³-hybridized carbons (Fsp3) is 0.923. The SMILES string of the molecule is CC(C)COC(=O)CCCCC(C)(C)C. The molecule has 0 spiro atoms. The van der Waals surface area contributed by atoms with Crippen molar-refractivity contribution in [3.8, 4) is 0 Å². The molecule has 2 heteroatoms. The van der Waals surface area contributed by atoms with Crippen molar-refractivity contribution < 1.29 is 9.53 Å². The Hall–Kier alpha value is -0.530. The van der Waals surface area contributed by atoms with Gasteiger partial charge in [0.2, 0.25) is 0 Å². The van der Waals surface area contributed by atoms with Crippen molar-refractivity contribution in [2.75, 3.05) is 6.61 Å². The van der Waals surface area contributed by atoms with Crippen molar-refractivity contribution in [3.05, 3.63) is 0 Å². The number of unbranched alkanes of at least 4 members (excludes halogenated alkanes) is 1. The van der Waals surface area contributed by atoms with E-state index in [1.807, 2.05) is 13.8 Å². The van der Waals surface area contributed by atoms with E-state index in [0.717, 1.165) is 12.8 Å². The van der Waals surface area contributed by atoms with Gasteiger partial charge >= 0.3 is 5.97 Å². The van der Waals surface area contributed by atoms with E-state index in [-0.39, 0.29) is 5.97 Å². The highest BCUT2D eigenvalue weighted by Gasteiger charge is 2.10. The van der Waals surface area contributed by atoms with Crippen LogP contribution in [0.2, 0.25) is 0 Å². The summed E-state index contributed by atoms with van der Waals surface area (Å²) in [4.78, 5) is 11.2. The molecule has 90 valence electrons. The van der Waals surface area contributed by atoms with Crippen molar-refractivity contribution in [3.63, 3.8) is 0 Å². The summed E-state index contributed by atoms with van der Waals surface area (Å²) in [5.74, 6) is 0.390. The van der Waals surface area contributed by atoms with E-state index >= 15 is 0 Å². The Bertz CT molecular complexity index is 177. The van der Waals surface area contributed by atoms with E-state index in [4.69, 9.17) is 4.74 Å². The molecule has 0 unspecified atom stereocenters. The molecule has 0 saturated carbocycles. The van der Waals surface area contributed by atoms with Crippen LogP contribution < -0.4 is 0 Å². The Labute approximate surface area is 94.4 Å². The zero-order valence-corrected chi connectivity index (χ0v) is 10.9. The van der Waals surface area contributed by atoms with Gasteiger partial charge in [-0.05, 0) is 24.2 Å². The predicted molar refractivity (Wildman–Crippen MR) is 63.7 cm³/mol. The third-order valence-corrected chi connectivity index (χ3v) is 2.14. The van der Waals surface area contributed by atoms with E-state index in [1.54, 1.807) is 0 Å². The second kappa shape index (κ2) is 6.86. The minimum atomic E-state index is -0.0439. The molecule has 0 atom stereocenters. The number of ether oxygens (including phenoxy) is 1. The van der Waals surface area contributed by atoms with Crippen LogP contribution >= 0.6 is 0 Å². The summed E-state index contributed by atoms with van der Waals surface area (Å²) in [6.07, 6.45) is 3.81. The monoisotopic (exact) mass is 214 g/mol. The molecule has 0 rings (SSSR count). The fourth-order valence-electron chi connectivity index (χ4n) is 1.26. The van der Waals surface area contributed by atoms with Crippen molar-refractivity contribution >= 4 is 5.97 Å². The lowest BCUT2D eigenvalue weighted by atomic mass is 9.89. The van der Waals surface area contributed by atoms with Gasteiger partial charge in [-0.1, -0.05) is 41.0 Å². The van der Waals surface area contributed by atoms with Gasteiger partial charge in [0.15, 0.2) is 0 Å². The summed E-state index contributed by atoms with van der Waals surface area (Å²) < 4.78 is 5.10. The summed E-state index contributed by atoms with van der Waals surface area (Å²) in [6, 6.07) is 0. The van der Waals surface area contributed by atoms with Gasteiger partial charge in [-0.15, -0.1) is 0 Å². The first-order valence-electron chi connectivity index (χ1n) is 5.97. The van der Waals surface area contributed by atoms with Gasteiger partial charge in [0.1, 0.15) is 0 Å². The normalized spacial score (nSPS) is 11.9. The highest BCUT2D eigenvalue weighted by Crippen LogP contribution is 2.22. The highest BCUT2D eigenvalue weighted by molar-refractivity contribution is 5.69. The second-order valence-electron chi connectivity index (χ2n) is 5.84. The van der Waals surface area contributed by atoms with Gasteiger partial charge < -0.3 is 4.74 Å². The number of hydrogen-bond donors (Lipinski definition) is 0. The summed E-state index contributed by atoms with van der Waals surface area (Å²) in [7, 11) is 0. The molecule has 15 heavy (non-hydrogen) atoms. The van der Waals surface area contributed by atoms with Gasteiger partial charge in [0.05, 0.1) is 6.61 Å². The quantitative estimate of drug-likeness (QED) is 0.496. The molecule has 0 saturated heterocycles. The maximum absolute atomic E-state index is 11.2. The van der Waals surface area contributed by atoms with Gasteiger partial charge in [0.25, 0.3) is 0 Å². The maximum Gasteiger partial charge on any atom is 0.305 e. The van der Waals surface area contributed by atoms with Crippen molar-refractivity contribution in [1.29, 1.82) is 0 Å². The molecule has 0 fully saturated rings. The van der Waals surface area contributed by atoms with E-state index < -0.39 is 0 Å². The molecular weight excluding hydrogens is 188 g/mol. The van der Waals surface area contributed by atoms with Crippen LogP contribution in [0, 0.1) is 11.3 Å². The average Bonchev–Trinajstić information content (AvgIpc) is 2.07. The Morgan fingerprint density at radius 2 is 1.80 bits per heavy atom. The Morgan fingerprint density at radius 3 is 2.27 bits per heavy atom. The number of hydrogen-bond acceptors (Lipinski definition) is 2. The van der Waals surface area contributed by atoms with Crippen LogP contribution in [0.15, 0.2) is 0 Å². The molecule has 0 aliphatic rings. The average molecular weight is 214 g/mol. The zero-order chi connectivity index (χ0) is 11.9. The summed E-state index contributed by atoms with van der Waals surface area (Å²) in [5, 5.41) is 0. The Kier molecular flexibility index (Phi) is 6.62. The van der Waals surface area contributed by atoms with E-state index in [9.17, 15) is 4.79 Å². The fourth-order valence-corrected chi connectivity index (χ4v) is 1.26. The second-order valence-corrected chi connectivity index (χ2v) is 5.84. The molecule has 0 radical (unpaired) electrons. The van der Waals surface area contributed by atoms with E-state index in [2.05, 4.69) is 20.8 Å². The summed E-state index contributed by atoms with van der Waals surface area (Å²) >= 11 is 0. The van der Waals surface area contributed by atoms with E-state index in [0.29, 0.717) is 24.4 Å². The largest absolute Gasteiger partial charge is 0.465 e. The van der Waals surface area contributed by atoms with Crippen LogP contribution in [-0.2, 0) is 9.53 Å². The molecule has 0 aliphatic carbocycles. The first-order chi connectivity index (χ1) is 6.81. The number of carbonyl (C=O) groups excluding carboxylic acids is 1. The molecule has 0 aliphatic heterocycles. The summed E-state index contributed by atoms with van der Waals surface area (Å²) in [5.41, 5.74) is 0.377. The minimum absolute atomic E-state index is 0.0439. The molecule has 0 aromatic heterocycles. The number of esters is 1. The lowest BCUT2D eigenvalue weighted by Gasteiger charge is -2.17. The Balaban J connectivity index is 3.40. The molecular formula is C13H26O2. The molecule has 0 aromatic carbocycles. The molecule has 0 heterocycles. The molecule has 0 N–H and O–H groups in total. The molecule has 0 amide bonds. The standard InChI is InChI=1S/C13H26O2/c1-11(2)10-15-12(14)8-6-7-9-13(3,4)5/h11H,6-10H2,1-5H3. The van der Waals surface area contributed by atoms with Crippen molar-refractivity contribution in [1.82, 2.24) is 0 Å². The van der Waals surface area contributed by atoms with Crippen molar-refractivity contribution in [2.24, 2.45) is 11.3 Å². The topological polar surface area (TPSA) is 26.3 Å². The van der Waals surface area contributed by atoms with Gasteiger partial charge in [-0.25, -0.2) is 0 Å². The molecule has 0 aromatic rings. The van der Waals surface area contributed by atoms with Crippen LogP contribution in [0.25, 0.3) is 0 Å². The number of rotatable bonds is 6. The van der Waals surface area contributed by atoms with Crippen LogP contribution in [0.1, 0.15) is 60.3 Å². The maximum atomic E-state index is 11.2. The van der Waals surface area contributed by atoms with Gasteiger partial charge in [-0.2, -0.15) is 0 Å². The first-order valence-corrected chi connectivity index (χ1v) is 5.97. The molecule has 2 nitrogen and oxygen atoms in total. The Morgan fingerprint density at radius 1 is 1.20 bits per heavy atom. The van der Waals surface area contributed by atoms with E-state index in [1.165, 1.54) is 6.42 Å². The third-order valence-electron chi connectivity index (χ3n) is 2.14. The van der Waals surface area contributed by atoms with Crippen LogP contribution in [0.3, 0.4) is 0 Å². The van der Waals surface area contributed by atoms with Crippen LogP contribution in [-0.4, -0.2) is 12.6 Å². The predicted octanol–water partition coefficient (Wildman–Crippen LogP) is 3.79.